The Bertz CT molecular complexity index is 3840. The number of imide groups is 1. The van der Waals surface area contributed by atoms with Crippen LogP contribution in [0.5, 0.6) is 0 Å². The fourth-order valence-corrected chi connectivity index (χ4v) is 14.3. The smallest absolute Gasteiger partial charge is 0.305 e. The maximum Gasteiger partial charge on any atom is 0.305 e. The zero-order valence-electron chi connectivity index (χ0n) is 63.0. The fourth-order valence-electron chi connectivity index (χ4n) is 12.6. The number of nitrogens with two attached hydrogens (primary N) is 1. The summed E-state index contributed by atoms with van der Waals surface area (Å²) in [6.45, 7) is 4.07. The Morgan fingerprint density at radius 2 is 1.33 bits per heavy atom. The topological polar surface area (TPSA) is 588 Å². The number of amides is 17. The Morgan fingerprint density at radius 3 is 2.00 bits per heavy atom. The first-order chi connectivity index (χ1) is 53.2. The number of unbranched alkanes of at least 4 members (excludes halogenated alkanes) is 1. The number of nitrogens with one attached hydrogen (secondary N) is 14. The van der Waals surface area contributed by atoms with Crippen molar-refractivity contribution < 1.29 is 110 Å². The number of carbonyl (C=O) groups is 18. The van der Waals surface area contributed by atoms with E-state index in [1.165, 1.54) is 25.3 Å². The van der Waals surface area contributed by atoms with Crippen molar-refractivity contribution in [2.24, 2.45) is 17.6 Å². The molecule has 2 saturated heterocycles. The van der Waals surface area contributed by atoms with Gasteiger partial charge in [-0.2, -0.15) is 12.6 Å². The number of benzene rings is 1. The molecule has 17 amide bonds. The Morgan fingerprint density at radius 1 is 0.670 bits per heavy atom. The molecule has 18 N–H and O–H groups in total. The molecule has 2 fully saturated rings. The molecule has 1 aromatic heterocycles. The number of thiol groups is 1. The summed E-state index contributed by atoms with van der Waals surface area (Å²) in [4.78, 5) is 249. The van der Waals surface area contributed by atoms with Gasteiger partial charge in [-0.25, -0.2) is 0 Å². The molecule has 0 aliphatic carbocycles. The van der Waals surface area contributed by atoms with E-state index in [0.717, 1.165) is 9.80 Å². The highest BCUT2D eigenvalue weighted by atomic mass is 32.2. The summed E-state index contributed by atoms with van der Waals surface area (Å²) in [5.74, 6) is -17.2. The third kappa shape index (κ3) is 27.9. The van der Waals surface area contributed by atoms with Gasteiger partial charge in [-0.05, 0) is 68.1 Å². The lowest BCUT2D eigenvalue weighted by Gasteiger charge is -2.32. The predicted molar refractivity (Wildman–Crippen MR) is 400 cm³/mol. The van der Waals surface area contributed by atoms with E-state index in [-0.39, 0.29) is 150 Å². The van der Waals surface area contributed by atoms with E-state index in [4.69, 9.17) is 20.3 Å². The molecule has 13 atom stereocenters. The number of fused-ring (bicyclic) bond motifs is 5. The van der Waals surface area contributed by atoms with Gasteiger partial charge < -0.3 is 104 Å². The van der Waals surface area contributed by atoms with E-state index in [1.54, 1.807) is 27.7 Å². The van der Waals surface area contributed by atoms with Crippen molar-refractivity contribution in [3.63, 3.8) is 0 Å². The number of primary amides is 1. The number of hydrogen-bond donors (Lipinski definition) is 18. The number of rotatable bonds is 35. The van der Waals surface area contributed by atoms with Crippen LogP contribution in [-0.4, -0.2) is 274 Å². The summed E-state index contributed by atoms with van der Waals surface area (Å²) in [7, 11) is -1.18. The quantitative estimate of drug-likeness (QED) is 0.0174. The van der Waals surface area contributed by atoms with Crippen LogP contribution in [0.15, 0.2) is 23.2 Å². The van der Waals surface area contributed by atoms with Crippen LogP contribution in [0.4, 0.5) is 5.69 Å². The van der Waals surface area contributed by atoms with Gasteiger partial charge in [0.05, 0.1) is 67.1 Å². The number of anilines is 1. The average Bonchev–Trinajstić information content (AvgIpc) is 1.62. The van der Waals surface area contributed by atoms with Crippen LogP contribution in [0.2, 0.25) is 0 Å². The Balaban J connectivity index is 1.28. The normalized spacial score (nSPS) is 22.7. The molecule has 0 radical (unpaired) electrons. The number of H-pyrrole nitrogens is 1. The summed E-state index contributed by atoms with van der Waals surface area (Å²) in [6, 6.07) is -8.21. The Kier molecular flexibility index (Phi) is 36.2. The number of aliphatic carboxylic acids is 1. The lowest BCUT2D eigenvalue weighted by molar-refractivity contribution is -0.143. The van der Waals surface area contributed by atoms with Crippen LogP contribution >= 0.6 is 12.6 Å². The molecule has 1 aromatic carbocycles. The summed E-state index contributed by atoms with van der Waals surface area (Å²) in [5.41, 5.74) is 5.89. The van der Waals surface area contributed by atoms with Gasteiger partial charge in [0, 0.05) is 94.9 Å². The molecule has 0 spiro atoms. The van der Waals surface area contributed by atoms with Crippen LogP contribution in [0.3, 0.4) is 0 Å². The van der Waals surface area contributed by atoms with Crippen LogP contribution in [0.1, 0.15) is 130 Å². The summed E-state index contributed by atoms with van der Waals surface area (Å²) in [5, 5.41) is 52.5. The third-order valence-electron chi connectivity index (χ3n) is 19.1. The molecule has 2 aromatic rings. The zero-order valence-corrected chi connectivity index (χ0v) is 64.8. The number of carboxylic acids is 1. The first-order valence-electron chi connectivity index (χ1n) is 37.1. The number of methoxy groups -OCH3 is 1. The zero-order chi connectivity index (χ0) is 82.5. The molecular formula is C70H103N17O23S2. The van der Waals surface area contributed by atoms with Gasteiger partial charge in [0.1, 0.15) is 60.0 Å². The summed E-state index contributed by atoms with van der Waals surface area (Å²) < 4.78 is 25.3. The molecule has 5 heterocycles. The van der Waals surface area contributed by atoms with Crippen LogP contribution < -0.4 is 74.9 Å². The molecule has 2 bridgehead atoms. The van der Waals surface area contributed by atoms with Crippen molar-refractivity contribution in [1.82, 2.24) is 78.6 Å². The number of aromatic nitrogens is 1. The van der Waals surface area contributed by atoms with E-state index in [0.29, 0.717) is 12.8 Å². The molecule has 4 unspecified atom stereocenters. The molecule has 4 aliphatic rings. The van der Waals surface area contributed by atoms with Crippen LogP contribution in [-0.2, 0) is 113 Å². The summed E-state index contributed by atoms with van der Waals surface area (Å²) in [6.07, 6.45) is -3.60. The molecule has 6 rings (SSSR count). The predicted octanol–water partition coefficient (Wildman–Crippen LogP) is -5.61. The van der Waals surface area contributed by atoms with Gasteiger partial charge in [-0.3, -0.25) is 95.4 Å². The van der Waals surface area contributed by atoms with E-state index >= 15 is 4.21 Å². The Labute approximate surface area is 652 Å². The largest absolute Gasteiger partial charge is 0.481 e. The molecule has 112 heavy (non-hydrogen) atoms. The molecule has 40 nitrogen and oxygen atoms in total. The Hall–Kier alpha value is -10.2. The fraction of sp³-hybridized carbons (Fsp3) is 0.629. The highest BCUT2D eigenvalue weighted by molar-refractivity contribution is 7.85. The maximum atomic E-state index is 15.3. The molecule has 4 aliphatic heterocycles. The van der Waals surface area contributed by atoms with Gasteiger partial charge in [0.15, 0.2) is 0 Å². The number of hydrogen-bond acceptors (Lipinski definition) is 23. The van der Waals surface area contributed by atoms with Crippen molar-refractivity contribution in [2.45, 2.75) is 195 Å². The minimum absolute atomic E-state index is 0.00272. The van der Waals surface area contributed by atoms with Gasteiger partial charge in [0.2, 0.25) is 100 Å². The maximum absolute atomic E-state index is 15.3. The number of aliphatic hydroxyl groups excluding tert-OH is 1. The molecule has 618 valence electrons. The van der Waals surface area contributed by atoms with Crippen LogP contribution in [0, 0.1) is 11.8 Å². The first kappa shape index (κ1) is 90.7. The number of likely N-dealkylation sites (tertiary alicyclic amines) is 1. The van der Waals surface area contributed by atoms with Crippen molar-refractivity contribution in [3.05, 3.63) is 23.8 Å². The lowest BCUT2D eigenvalue weighted by Crippen LogP contribution is -2.61. The molecule has 42 heteroatoms. The number of aliphatic hydroxyl groups is 1. The van der Waals surface area contributed by atoms with Gasteiger partial charge >= 0.3 is 5.97 Å². The van der Waals surface area contributed by atoms with Crippen molar-refractivity contribution in [3.8, 4) is 0 Å². The number of carboxylic acid groups (broad SMARTS) is 1. The number of carbonyl (C=O) groups excluding carboxylic acids is 17. The van der Waals surface area contributed by atoms with Gasteiger partial charge in [-0.15, -0.1) is 0 Å². The first-order valence-corrected chi connectivity index (χ1v) is 38.9. The van der Waals surface area contributed by atoms with E-state index in [9.17, 15) is 91.4 Å². The van der Waals surface area contributed by atoms with E-state index in [2.05, 4.69) is 86.7 Å². The second kappa shape index (κ2) is 44.7. The number of aromatic amines is 1. The minimum Gasteiger partial charge on any atom is -0.481 e. The summed E-state index contributed by atoms with van der Waals surface area (Å²) >= 11 is 4.12. The molecule has 0 saturated carbocycles. The highest BCUT2D eigenvalue weighted by Gasteiger charge is 2.45. The van der Waals surface area contributed by atoms with Crippen LogP contribution in [0.25, 0.3) is 10.9 Å². The van der Waals surface area contributed by atoms with Gasteiger partial charge in [-0.1, -0.05) is 46.6 Å². The van der Waals surface area contributed by atoms with E-state index < -0.39 is 227 Å². The average molecular weight is 1610 g/mol. The monoisotopic (exact) mass is 1610 g/mol. The minimum atomic E-state index is -2.51. The highest BCUT2D eigenvalue weighted by Crippen LogP contribution is 2.31. The second-order valence-electron chi connectivity index (χ2n) is 27.7. The standard InChI is InChI=1S/C70H103N17O23S2/c1-6-36(3)59-66(104)76-31-54(93)79-47-35-112(108)68-41(28-45(62(100)75-32-55(94)84-59)81-67(105)60(37(4)7-2)85-65(103)48-27-39(88)33-87(48)69(106)46(29-50(71)89)82-64(47)102)40-16-15-38(26-44(40)83-68)77-52(91)13-10-21-74-61(99)42(12-8-9-20-72-56(95)34-109-5)80-63(101)43(17-18-51(90)73-22-25-110-24-19-58(97)98)78-53(92)14-11-23-86-57(96)30-49(111)70(86)107/h15-16,26,36-37,39,42-43,45-49,59-60,83,88,111H,6-14,17-25,27-35H2,1-5H3,(H2,71,89)(H,72,95)(H,73,90)(H,74,99)(H,75,100)(H,76,104)(H,77,91)(H,78,92)(H,79,93)(H,80,101)(H,81,105)(H,82,102)(H,84,94)(H,85,103)(H,97,98)/t36?,37?,39-,42+,43+,45+,46+,47+,48+,49?,59+,60+,112?/m1/s1. The number of ether oxygens (including phenoxy) is 2. The van der Waals surface area contributed by atoms with Crippen molar-refractivity contribution in [2.75, 3.05) is 83.8 Å². The third-order valence-corrected chi connectivity index (χ3v) is 20.9. The second-order valence-corrected chi connectivity index (χ2v) is 29.8. The molecular weight excluding hydrogens is 1510 g/mol. The van der Waals surface area contributed by atoms with Crippen molar-refractivity contribution >= 4 is 146 Å². The lowest BCUT2D eigenvalue weighted by atomic mass is 9.96. The van der Waals surface area contributed by atoms with Crippen molar-refractivity contribution in [1.29, 1.82) is 0 Å². The van der Waals surface area contributed by atoms with E-state index in [1.807, 2.05) is 0 Å². The van der Waals surface area contributed by atoms with Gasteiger partial charge in [0.25, 0.3) is 0 Å². The number of nitrogens with zero attached hydrogens (tertiary/aromatic N) is 2. The SMILES string of the molecule is CCC(C)[C@@H]1NC(=O)CNC(=O)[C@@H]2Cc3c([nH]c4cc(NC(=O)CCCNC(=O)[C@H](CCCCNC(=O)COC)NC(=O)[C@H](CCC(=O)NCCOCCC(=O)O)NC(=O)CCCN5C(=O)CC(S)C5=O)ccc34)S(=O)C[C@H](NC(=O)CNC1=O)C(=O)N[C@@H](CC(N)=O)C(=O)N1C[C@H](O)C[C@H]1C(=O)N[C@@H](C(C)CC)C(=O)N2.